The summed E-state index contributed by atoms with van der Waals surface area (Å²) < 4.78 is 0. The number of hydrogen-bond donors (Lipinski definition) is 1. The molecule has 1 saturated heterocycles. The highest BCUT2D eigenvalue weighted by atomic mass is 15.2. The molecule has 0 unspecified atom stereocenters. The second kappa shape index (κ2) is 6.27. The van der Waals surface area contributed by atoms with Gasteiger partial charge in [-0.05, 0) is 37.1 Å². The van der Waals surface area contributed by atoms with Crippen LogP contribution in [0.25, 0.3) is 0 Å². The molecule has 0 amide bonds. The maximum atomic E-state index is 9.00. The predicted molar refractivity (Wildman–Crippen MR) is 84.3 cm³/mol. The number of rotatable bonds is 3. The third-order valence-electron chi connectivity index (χ3n) is 3.76. The normalized spacial score (nSPS) is 18.0. The molecule has 1 fully saturated rings. The average molecular weight is 278 g/mol. The minimum absolute atomic E-state index is 0.411. The van der Waals surface area contributed by atoms with Crippen molar-refractivity contribution in [2.45, 2.75) is 18.9 Å². The highest BCUT2D eigenvalue weighted by Gasteiger charge is 2.20. The molecule has 21 heavy (non-hydrogen) atoms. The van der Waals surface area contributed by atoms with Gasteiger partial charge in [0.25, 0.3) is 0 Å². The van der Waals surface area contributed by atoms with Crippen molar-refractivity contribution in [2.75, 3.05) is 23.3 Å². The summed E-state index contributed by atoms with van der Waals surface area (Å²) >= 11 is 0. The van der Waals surface area contributed by atoms with Crippen molar-refractivity contribution in [3.63, 3.8) is 0 Å². The van der Waals surface area contributed by atoms with Gasteiger partial charge in [0.05, 0.1) is 11.6 Å². The van der Waals surface area contributed by atoms with Crippen LogP contribution in [0.15, 0.2) is 48.7 Å². The molecule has 1 N–H and O–H groups in total. The molecule has 3 rings (SSSR count). The van der Waals surface area contributed by atoms with E-state index in [0.717, 1.165) is 37.4 Å². The number of pyridine rings is 1. The summed E-state index contributed by atoms with van der Waals surface area (Å²) in [5.74, 6) is 0.897. The van der Waals surface area contributed by atoms with Crippen LogP contribution in [0.2, 0.25) is 0 Å². The summed E-state index contributed by atoms with van der Waals surface area (Å²) in [7, 11) is 0. The number of anilines is 2. The third kappa shape index (κ3) is 3.32. The van der Waals surface area contributed by atoms with Gasteiger partial charge in [-0.1, -0.05) is 18.2 Å². The number of para-hydroxylation sites is 1. The summed E-state index contributed by atoms with van der Waals surface area (Å²) in [5.41, 5.74) is 1.82. The quantitative estimate of drug-likeness (QED) is 0.937. The predicted octanol–water partition coefficient (Wildman–Crippen LogP) is 3.03. The van der Waals surface area contributed by atoms with E-state index in [0.29, 0.717) is 11.6 Å². The Morgan fingerprint density at radius 3 is 2.90 bits per heavy atom. The smallest absolute Gasteiger partial charge is 0.129 e. The molecule has 1 atom stereocenters. The molecule has 106 valence electrons. The zero-order chi connectivity index (χ0) is 14.5. The van der Waals surface area contributed by atoms with E-state index in [-0.39, 0.29) is 0 Å². The van der Waals surface area contributed by atoms with E-state index in [1.807, 2.05) is 24.3 Å². The summed E-state index contributed by atoms with van der Waals surface area (Å²) in [6.07, 6.45) is 3.99. The number of nitrogens with one attached hydrogen (secondary N) is 1. The number of piperidine rings is 1. The van der Waals surface area contributed by atoms with E-state index in [9.17, 15) is 0 Å². The van der Waals surface area contributed by atoms with Crippen molar-refractivity contribution in [3.8, 4) is 6.07 Å². The fraction of sp³-hybridized carbons (Fsp3) is 0.294. The van der Waals surface area contributed by atoms with Crippen LogP contribution < -0.4 is 10.2 Å². The van der Waals surface area contributed by atoms with Gasteiger partial charge in [0, 0.05) is 31.0 Å². The van der Waals surface area contributed by atoms with E-state index in [1.165, 1.54) is 0 Å². The van der Waals surface area contributed by atoms with E-state index < -0.39 is 0 Å². The first-order valence-electron chi connectivity index (χ1n) is 7.28. The summed E-state index contributed by atoms with van der Waals surface area (Å²) in [4.78, 5) is 6.65. The molecule has 1 aliphatic heterocycles. The van der Waals surface area contributed by atoms with Crippen LogP contribution in [0.3, 0.4) is 0 Å². The van der Waals surface area contributed by atoms with E-state index in [2.05, 4.69) is 33.4 Å². The highest BCUT2D eigenvalue weighted by Crippen LogP contribution is 2.21. The van der Waals surface area contributed by atoms with Crippen LogP contribution in [0.5, 0.6) is 0 Å². The maximum absolute atomic E-state index is 9.00. The molecule has 1 aromatic carbocycles. The van der Waals surface area contributed by atoms with Crippen molar-refractivity contribution in [1.82, 2.24) is 4.98 Å². The molecule has 2 aromatic rings. The van der Waals surface area contributed by atoms with Gasteiger partial charge in [-0.25, -0.2) is 4.98 Å². The lowest BCUT2D eigenvalue weighted by atomic mass is 10.0. The van der Waals surface area contributed by atoms with Gasteiger partial charge in [0.2, 0.25) is 0 Å². The van der Waals surface area contributed by atoms with Gasteiger partial charge in [-0.2, -0.15) is 5.26 Å². The maximum Gasteiger partial charge on any atom is 0.129 e. The number of nitriles is 1. The van der Waals surface area contributed by atoms with Crippen molar-refractivity contribution in [2.24, 2.45) is 0 Å². The Labute approximate surface area is 125 Å². The molecule has 0 bridgehead atoms. The SMILES string of the molecule is N#Cc1ccnc(N2CCC[C@@H](Nc3ccccc3)C2)c1. The molecule has 1 aromatic heterocycles. The Morgan fingerprint density at radius 2 is 2.10 bits per heavy atom. The molecule has 0 aliphatic carbocycles. The van der Waals surface area contributed by atoms with Crippen molar-refractivity contribution in [3.05, 3.63) is 54.2 Å². The Morgan fingerprint density at radius 1 is 1.24 bits per heavy atom. The summed E-state index contributed by atoms with van der Waals surface area (Å²) in [6.45, 7) is 1.91. The van der Waals surface area contributed by atoms with E-state index in [4.69, 9.17) is 5.26 Å². The summed E-state index contributed by atoms with van der Waals surface area (Å²) in [6, 6.07) is 16.5. The lowest BCUT2D eigenvalue weighted by molar-refractivity contribution is 0.527. The largest absolute Gasteiger partial charge is 0.381 e. The minimum atomic E-state index is 0.411. The molecule has 0 spiro atoms. The van der Waals surface area contributed by atoms with Crippen LogP contribution >= 0.6 is 0 Å². The first-order valence-corrected chi connectivity index (χ1v) is 7.28. The summed E-state index contributed by atoms with van der Waals surface area (Å²) in [5, 5.41) is 12.6. The van der Waals surface area contributed by atoms with Crippen molar-refractivity contribution < 1.29 is 0 Å². The average Bonchev–Trinajstić information content (AvgIpc) is 2.56. The molecule has 0 saturated carbocycles. The number of nitrogens with zero attached hydrogens (tertiary/aromatic N) is 3. The second-order valence-corrected chi connectivity index (χ2v) is 5.31. The van der Waals surface area contributed by atoms with Crippen LogP contribution in [0.4, 0.5) is 11.5 Å². The molecular weight excluding hydrogens is 260 g/mol. The lowest BCUT2D eigenvalue weighted by Gasteiger charge is -2.34. The van der Waals surface area contributed by atoms with Crippen molar-refractivity contribution in [1.29, 1.82) is 5.26 Å². The Bertz CT molecular complexity index is 633. The van der Waals surface area contributed by atoms with Crippen LogP contribution in [0.1, 0.15) is 18.4 Å². The minimum Gasteiger partial charge on any atom is -0.381 e. The number of aromatic nitrogens is 1. The monoisotopic (exact) mass is 278 g/mol. The van der Waals surface area contributed by atoms with Gasteiger partial charge >= 0.3 is 0 Å². The Balaban J connectivity index is 1.69. The standard InChI is InChI=1S/C17H18N4/c18-12-14-8-9-19-17(11-14)21-10-4-7-16(13-21)20-15-5-2-1-3-6-15/h1-3,5-6,8-9,11,16,20H,4,7,10,13H2/t16-/m1/s1. The van der Waals surface area contributed by atoms with Crippen LogP contribution in [0, 0.1) is 11.3 Å². The van der Waals surface area contributed by atoms with Gasteiger partial charge in [0.15, 0.2) is 0 Å². The topological polar surface area (TPSA) is 52.0 Å². The third-order valence-corrected chi connectivity index (χ3v) is 3.76. The first-order chi connectivity index (χ1) is 10.3. The van der Waals surface area contributed by atoms with E-state index >= 15 is 0 Å². The number of hydrogen-bond acceptors (Lipinski definition) is 4. The molecule has 4 heteroatoms. The van der Waals surface area contributed by atoms with E-state index in [1.54, 1.807) is 12.3 Å². The van der Waals surface area contributed by atoms with Crippen LogP contribution in [-0.2, 0) is 0 Å². The molecule has 1 aliphatic rings. The van der Waals surface area contributed by atoms with Gasteiger partial charge in [-0.15, -0.1) is 0 Å². The second-order valence-electron chi connectivity index (χ2n) is 5.31. The number of benzene rings is 1. The zero-order valence-electron chi connectivity index (χ0n) is 11.9. The Kier molecular flexibility index (Phi) is 4.02. The molecular formula is C17H18N4. The highest BCUT2D eigenvalue weighted by molar-refractivity contribution is 5.48. The van der Waals surface area contributed by atoms with Gasteiger partial charge in [0.1, 0.15) is 5.82 Å². The van der Waals surface area contributed by atoms with Gasteiger partial charge < -0.3 is 10.2 Å². The molecule has 2 heterocycles. The lowest BCUT2D eigenvalue weighted by Crippen LogP contribution is -2.42. The first kappa shape index (κ1) is 13.4. The molecule has 4 nitrogen and oxygen atoms in total. The van der Waals surface area contributed by atoms with Crippen molar-refractivity contribution >= 4 is 11.5 Å². The zero-order valence-corrected chi connectivity index (χ0v) is 11.9. The van der Waals surface area contributed by atoms with Gasteiger partial charge in [-0.3, -0.25) is 0 Å². The Hall–Kier alpha value is -2.54. The fourth-order valence-electron chi connectivity index (χ4n) is 2.73. The fourth-order valence-corrected chi connectivity index (χ4v) is 2.73. The molecule has 0 radical (unpaired) electrons. The van der Waals surface area contributed by atoms with Crippen LogP contribution in [-0.4, -0.2) is 24.1 Å².